The Morgan fingerprint density at radius 3 is 2.47 bits per heavy atom. The highest BCUT2D eigenvalue weighted by Crippen LogP contribution is 2.27. The summed E-state index contributed by atoms with van der Waals surface area (Å²) in [5, 5.41) is 0. The van der Waals surface area contributed by atoms with Gasteiger partial charge in [-0.15, -0.1) is 0 Å². The first-order chi connectivity index (χ1) is 6.99. The summed E-state index contributed by atoms with van der Waals surface area (Å²) in [6.07, 6.45) is 0.800. The second-order valence-corrected chi connectivity index (χ2v) is 4.00. The van der Waals surface area contributed by atoms with Gasteiger partial charge in [0.15, 0.2) is 0 Å². The van der Waals surface area contributed by atoms with Crippen LogP contribution in [-0.2, 0) is 0 Å². The van der Waals surface area contributed by atoms with Gasteiger partial charge in [0.1, 0.15) is 11.6 Å². The maximum Gasteiger partial charge on any atom is 0.133 e. The van der Waals surface area contributed by atoms with Crippen molar-refractivity contribution in [1.82, 2.24) is 0 Å². The number of hydrogen-bond donors (Lipinski definition) is 1. The molecule has 15 heavy (non-hydrogen) atoms. The van der Waals surface area contributed by atoms with Gasteiger partial charge in [0.25, 0.3) is 0 Å². The van der Waals surface area contributed by atoms with E-state index in [2.05, 4.69) is 0 Å². The van der Waals surface area contributed by atoms with Crippen LogP contribution in [0.5, 0.6) is 0 Å². The van der Waals surface area contributed by atoms with Gasteiger partial charge in [-0.1, -0.05) is 26.3 Å². The zero-order chi connectivity index (χ0) is 11.6. The molecule has 0 aliphatic heterocycles. The highest BCUT2D eigenvalue weighted by Gasteiger charge is 2.22. The number of nitrogens with two attached hydrogens (primary N) is 1. The highest BCUT2D eigenvalue weighted by molar-refractivity contribution is 5.29. The summed E-state index contributed by atoms with van der Waals surface area (Å²) in [5.41, 5.74) is 6.29. The number of benzene rings is 1. The third-order valence-electron chi connectivity index (χ3n) is 2.91. The molecule has 0 saturated heterocycles. The zero-order valence-electron chi connectivity index (χ0n) is 9.35. The molecule has 0 bridgehead atoms. The molecule has 0 radical (unpaired) electrons. The monoisotopic (exact) mass is 213 g/mol. The Kier molecular flexibility index (Phi) is 3.80. The molecular weight excluding hydrogens is 196 g/mol. The molecule has 0 aliphatic carbocycles. The summed E-state index contributed by atoms with van der Waals surface area (Å²) in [4.78, 5) is 0. The van der Waals surface area contributed by atoms with Gasteiger partial charge in [-0.2, -0.15) is 0 Å². The molecule has 0 aliphatic rings. The van der Waals surface area contributed by atoms with Crippen LogP contribution in [0.1, 0.15) is 37.4 Å². The Bertz CT molecular complexity index is 350. The summed E-state index contributed by atoms with van der Waals surface area (Å²) in [5.74, 6) is -0.996. The van der Waals surface area contributed by atoms with Gasteiger partial charge in [0, 0.05) is 11.6 Å². The standard InChI is InChI=1S/C12H17F2N/c1-4-7(2)12(15)10-9(13)6-5-8(3)11(10)14/h5-7,12H,4,15H2,1-3H3/t7?,12-/m1/s1. The summed E-state index contributed by atoms with van der Waals surface area (Å²) >= 11 is 0. The summed E-state index contributed by atoms with van der Waals surface area (Å²) < 4.78 is 27.1. The van der Waals surface area contributed by atoms with E-state index in [4.69, 9.17) is 5.73 Å². The van der Waals surface area contributed by atoms with Crippen LogP contribution in [0.4, 0.5) is 8.78 Å². The zero-order valence-corrected chi connectivity index (χ0v) is 9.35. The minimum atomic E-state index is -0.574. The molecule has 84 valence electrons. The number of aryl methyl sites for hydroxylation is 1. The van der Waals surface area contributed by atoms with Crippen LogP contribution < -0.4 is 5.73 Å². The van der Waals surface area contributed by atoms with E-state index in [-0.39, 0.29) is 11.5 Å². The van der Waals surface area contributed by atoms with Gasteiger partial charge in [0.2, 0.25) is 0 Å². The van der Waals surface area contributed by atoms with Crippen molar-refractivity contribution in [3.8, 4) is 0 Å². The molecular formula is C12H17F2N. The van der Waals surface area contributed by atoms with Crippen molar-refractivity contribution in [3.05, 3.63) is 34.9 Å². The lowest BCUT2D eigenvalue weighted by molar-refractivity contribution is 0.418. The normalized spacial score (nSPS) is 15.1. The summed E-state index contributed by atoms with van der Waals surface area (Å²) in [6.45, 7) is 5.46. The van der Waals surface area contributed by atoms with Gasteiger partial charge in [-0.25, -0.2) is 8.78 Å². The van der Waals surface area contributed by atoms with Crippen molar-refractivity contribution in [2.75, 3.05) is 0 Å². The lowest BCUT2D eigenvalue weighted by Crippen LogP contribution is -2.21. The number of rotatable bonds is 3. The topological polar surface area (TPSA) is 26.0 Å². The average molecular weight is 213 g/mol. The van der Waals surface area contributed by atoms with E-state index in [0.717, 1.165) is 6.42 Å². The average Bonchev–Trinajstić information content (AvgIpc) is 2.22. The molecule has 2 atom stereocenters. The SMILES string of the molecule is CCC(C)[C@@H](N)c1c(F)ccc(C)c1F. The van der Waals surface area contributed by atoms with E-state index in [1.54, 1.807) is 6.92 Å². The minimum Gasteiger partial charge on any atom is -0.324 e. The van der Waals surface area contributed by atoms with Crippen molar-refractivity contribution in [2.24, 2.45) is 11.7 Å². The Morgan fingerprint density at radius 1 is 1.33 bits per heavy atom. The fraction of sp³-hybridized carbons (Fsp3) is 0.500. The molecule has 1 nitrogen and oxygen atoms in total. The highest BCUT2D eigenvalue weighted by atomic mass is 19.1. The summed E-state index contributed by atoms with van der Waals surface area (Å²) in [6, 6.07) is 2.13. The van der Waals surface area contributed by atoms with Crippen molar-refractivity contribution in [1.29, 1.82) is 0 Å². The van der Waals surface area contributed by atoms with Crippen molar-refractivity contribution in [2.45, 2.75) is 33.2 Å². The van der Waals surface area contributed by atoms with Gasteiger partial charge < -0.3 is 5.73 Å². The van der Waals surface area contributed by atoms with Crippen molar-refractivity contribution >= 4 is 0 Å². The fourth-order valence-electron chi connectivity index (χ4n) is 1.52. The molecule has 0 heterocycles. The first-order valence-electron chi connectivity index (χ1n) is 5.19. The number of hydrogen-bond acceptors (Lipinski definition) is 1. The molecule has 1 aromatic rings. The first kappa shape index (κ1) is 12.1. The number of halogens is 2. The minimum absolute atomic E-state index is 0.0179. The second-order valence-electron chi connectivity index (χ2n) is 4.00. The van der Waals surface area contributed by atoms with Crippen molar-refractivity contribution in [3.63, 3.8) is 0 Å². The van der Waals surface area contributed by atoms with Crippen LogP contribution in [-0.4, -0.2) is 0 Å². The molecule has 3 heteroatoms. The first-order valence-corrected chi connectivity index (χ1v) is 5.19. The van der Waals surface area contributed by atoms with Gasteiger partial charge in [0.05, 0.1) is 0 Å². The predicted octanol–water partition coefficient (Wildman–Crippen LogP) is 3.32. The van der Waals surface area contributed by atoms with Gasteiger partial charge in [-0.05, 0) is 24.5 Å². The molecule has 1 aromatic carbocycles. The maximum atomic E-state index is 13.7. The maximum absolute atomic E-state index is 13.7. The molecule has 1 unspecified atom stereocenters. The Hall–Kier alpha value is -0.960. The second kappa shape index (κ2) is 4.71. The molecule has 0 spiro atoms. The molecule has 0 amide bonds. The quantitative estimate of drug-likeness (QED) is 0.819. The smallest absolute Gasteiger partial charge is 0.133 e. The Labute approximate surface area is 89.3 Å². The largest absolute Gasteiger partial charge is 0.324 e. The molecule has 1 rings (SSSR count). The van der Waals surface area contributed by atoms with E-state index in [0.29, 0.717) is 5.56 Å². The lowest BCUT2D eigenvalue weighted by atomic mass is 9.91. The van der Waals surface area contributed by atoms with E-state index < -0.39 is 17.7 Å². The van der Waals surface area contributed by atoms with Crippen LogP contribution in [0.15, 0.2) is 12.1 Å². The Morgan fingerprint density at radius 2 is 1.93 bits per heavy atom. The van der Waals surface area contributed by atoms with Crippen molar-refractivity contribution < 1.29 is 8.78 Å². The van der Waals surface area contributed by atoms with Gasteiger partial charge >= 0.3 is 0 Å². The van der Waals surface area contributed by atoms with Crippen LogP contribution in [0.3, 0.4) is 0 Å². The molecule has 2 N–H and O–H groups in total. The third kappa shape index (κ3) is 2.34. The van der Waals surface area contributed by atoms with E-state index in [9.17, 15) is 8.78 Å². The predicted molar refractivity (Wildman–Crippen MR) is 57.5 cm³/mol. The Balaban J connectivity index is 3.18. The van der Waals surface area contributed by atoms with E-state index in [1.807, 2.05) is 13.8 Å². The van der Waals surface area contributed by atoms with Crippen LogP contribution in [0.25, 0.3) is 0 Å². The summed E-state index contributed by atoms with van der Waals surface area (Å²) in [7, 11) is 0. The molecule has 0 saturated carbocycles. The molecule has 0 fully saturated rings. The van der Waals surface area contributed by atoms with E-state index in [1.165, 1.54) is 12.1 Å². The van der Waals surface area contributed by atoms with Gasteiger partial charge in [-0.3, -0.25) is 0 Å². The molecule has 0 aromatic heterocycles. The fourth-order valence-corrected chi connectivity index (χ4v) is 1.52. The van der Waals surface area contributed by atoms with E-state index >= 15 is 0 Å². The van der Waals surface area contributed by atoms with Crippen LogP contribution in [0, 0.1) is 24.5 Å². The lowest BCUT2D eigenvalue weighted by Gasteiger charge is -2.20. The van der Waals surface area contributed by atoms with Crippen LogP contribution >= 0.6 is 0 Å². The van der Waals surface area contributed by atoms with Crippen LogP contribution in [0.2, 0.25) is 0 Å². The third-order valence-corrected chi connectivity index (χ3v) is 2.91.